The van der Waals surface area contributed by atoms with Crippen molar-refractivity contribution in [2.75, 3.05) is 0 Å². The van der Waals surface area contributed by atoms with Crippen LogP contribution in [0.5, 0.6) is 5.75 Å². The second kappa shape index (κ2) is 5.60. The zero-order valence-electron chi connectivity index (χ0n) is 8.86. The molecular weight excluding hydrogens is 176 g/mol. The number of rotatable bonds is 5. The second-order valence-electron chi connectivity index (χ2n) is 3.25. The zero-order valence-corrected chi connectivity index (χ0v) is 8.86. The topological polar surface area (TPSA) is 48.1 Å². The maximum atomic E-state index is 5.71. The number of aromatic nitrogens is 1. The van der Waals surface area contributed by atoms with Crippen molar-refractivity contribution in [3.8, 4) is 5.75 Å². The number of nitrogens with zero attached hydrogens (tertiary/aromatic N) is 1. The molecule has 0 radical (unpaired) electrons. The lowest BCUT2D eigenvalue weighted by atomic mass is 10.2. The van der Waals surface area contributed by atoms with Gasteiger partial charge in [0.15, 0.2) is 0 Å². The fourth-order valence-corrected chi connectivity index (χ4v) is 1.25. The number of hydrogen-bond acceptors (Lipinski definition) is 3. The van der Waals surface area contributed by atoms with Gasteiger partial charge in [0.25, 0.3) is 0 Å². The summed E-state index contributed by atoms with van der Waals surface area (Å²) < 4.78 is 5.71. The quantitative estimate of drug-likeness (QED) is 0.781. The van der Waals surface area contributed by atoms with Gasteiger partial charge in [0.1, 0.15) is 5.75 Å². The highest BCUT2D eigenvalue weighted by atomic mass is 16.5. The standard InChI is InChI=1S/C11H18N2O/c1-3-10(4-2)14-11-6-5-9(7-12)13-8-11/h5-6,8,10H,3-4,7,12H2,1-2H3. The minimum atomic E-state index is 0.292. The van der Waals surface area contributed by atoms with Gasteiger partial charge in [0.05, 0.1) is 18.0 Å². The SMILES string of the molecule is CCC(CC)Oc1ccc(CN)nc1. The van der Waals surface area contributed by atoms with E-state index in [4.69, 9.17) is 10.5 Å². The first-order chi connectivity index (χ1) is 6.80. The van der Waals surface area contributed by atoms with Gasteiger partial charge in [0, 0.05) is 6.54 Å². The first-order valence-corrected chi connectivity index (χ1v) is 5.11. The van der Waals surface area contributed by atoms with E-state index in [1.807, 2.05) is 12.1 Å². The second-order valence-corrected chi connectivity index (χ2v) is 3.25. The lowest BCUT2D eigenvalue weighted by Gasteiger charge is -2.15. The highest BCUT2D eigenvalue weighted by Gasteiger charge is 2.04. The van der Waals surface area contributed by atoms with Gasteiger partial charge in [-0.15, -0.1) is 0 Å². The van der Waals surface area contributed by atoms with Gasteiger partial charge in [0.2, 0.25) is 0 Å². The monoisotopic (exact) mass is 194 g/mol. The molecule has 0 saturated heterocycles. The fraction of sp³-hybridized carbons (Fsp3) is 0.545. The summed E-state index contributed by atoms with van der Waals surface area (Å²) in [7, 11) is 0. The maximum absolute atomic E-state index is 5.71. The Kier molecular flexibility index (Phi) is 4.40. The molecule has 0 aliphatic carbocycles. The molecule has 0 unspecified atom stereocenters. The van der Waals surface area contributed by atoms with E-state index in [2.05, 4.69) is 18.8 Å². The average molecular weight is 194 g/mol. The number of hydrogen-bond donors (Lipinski definition) is 1. The van der Waals surface area contributed by atoms with Crippen molar-refractivity contribution in [1.82, 2.24) is 4.98 Å². The van der Waals surface area contributed by atoms with Gasteiger partial charge in [-0.25, -0.2) is 0 Å². The lowest BCUT2D eigenvalue weighted by Crippen LogP contribution is -2.13. The van der Waals surface area contributed by atoms with E-state index in [1.54, 1.807) is 6.20 Å². The molecule has 1 heterocycles. The summed E-state index contributed by atoms with van der Waals surface area (Å²) in [5.74, 6) is 0.830. The molecule has 3 nitrogen and oxygen atoms in total. The Labute approximate surface area is 85.3 Å². The summed E-state index contributed by atoms with van der Waals surface area (Å²) in [6.45, 7) is 4.72. The molecule has 0 fully saturated rings. The van der Waals surface area contributed by atoms with Crippen molar-refractivity contribution in [3.05, 3.63) is 24.0 Å². The van der Waals surface area contributed by atoms with Crippen LogP contribution in [0, 0.1) is 0 Å². The third kappa shape index (κ3) is 3.00. The summed E-state index contributed by atoms with van der Waals surface area (Å²) in [6.07, 6.45) is 4.07. The maximum Gasteiger partial charge on any atom is 0.138 e. The minimum Gasteiger partial charge on any atom is -0.489 e. The molecule has 2 N–H and O–H groups in total. The molecule has 1 aromatic rings. The molecule has 0 atom stereocenters. The molecular formula is C11H18N2O. The van der Waals surface area contributed by atoms with Crippen molar-refractivity contribution < 1.29 is 4.74 Å². The summed E-state index contributed by atoms with van der Waals surface area (Å²) in [5, 5.41) is 0. The van der Waals surface area contributed by atoms with Crippen LogP contribution in [0.2, 0.25) is 0 Å². The van der Waals surface area contributed by atoms with E-state index < -0.39 is 0 Å². The smallest absolute Gasteiger partial charge is 0.138 e. The van der Waals surface area contributed by atoms with Crippen molar-refractivity contribution in [1.29, 1.82) is 0 Å². The molecule has 0 aliphatic rings. The van der Waals surface area contributed by atoms with Gasteiger partial charge in [-0.1, -0.05) is 13.8 Å². The highest BCUT2D eigenvalue weighted by Crippen LogP contribution is 2.13. The van der Waals surface area contributed by atoms with Crippen LogP contribution in [0.15, 0.2) is 18.3 Å². The Bertz CT molecular complexity index is 254. The van der Waals surface area contributed by atoms with E-state index in [9.17, 15) is 0 Å². The Morgan fingerprint density at radius 2 is 2.07 bits per heavy atom. The first-order valence-electron chi connectivity index (χ1n) is 5.11. The van der Waals surface area contributed by atoms with E-state index in [0.29, 0.717) is 12.6 Å². The van der Waals surface area contributed by atoms with Crippen LogP contribution in [0.4, 0.5) is 0 Å². The molecule has 0 spiro atoms. The molecule has 0 amide bonds. The van der Waals surface area contributed by atoms with Crippen LogP contribution in [0.1, 0.15) is 32.4 Å². The van der Waals surface area contributed by atoms with E-state index in [1.165, 1.54) is 0 Å². The molecule has 0 saturated carbocycles. The van der Waals surface area contributed by atoms with Crippen molar-refractivity contribution in [3.63, 3.8) is 0 Å². The molecule has 3 heteroatoms. The summed E-state index contributed by atoms with van der Waals surface area (Å²) >= 11 is 0. The number of nitrogens with two attached hydrogens (primary N) is 1. The molecule has 0 aliphatic heterocycles. The normalized spacial score (nSPS) is 10.6. The lowest BCUT2D eigenvalue weighted by molar-refractivity contribution is 0.192. The van der Waals surface area contributed by atoms with Crippen LogP contribution >= 0.6 is 0 Å². The average Bonchev–Trinajstić information content (AvgIpc) is 2.26. The Balaban J connectivity index is 2.58. The number of ether oxygens (including phenoxy) is 1. The van der Waals surface area contributed by atoms with Gasteiger partial charge in [-0.2, -0.15) is 0 Å². The van der Waals surface area contributed by atoms with Crippen LogP contribution in [0.3, 0.4) is 0 Å². The number of pyridine rings is 1. The summed E-state index contributed by atoms with van der Waals surface area (Å²) in [4.78, 5) is 4.17. The first kappa shape index (κ1) is 11.0. The third-order valence-corrected chi connectivity index (χ3v) is 2.22. The van der Waals surface area contributed by atoms with Gasteiger partial charge >= 0.3 is 0 Å². The van der Waals surface area contributed by atoms with Crippen molar-refractivity contribution in [2.45, 2.75) is 39.3 Å². The van der Waals surface area contributed by atoms with Crippen LogP contribution < -0.4 is 10.5 Å². The largest absolute Gasteiger partial charge is 0.489 e. The van der Waals surface area contributed by atoms with Gasteiger partial charge in [-0.3, -0.25) is 4.98 Å². The van der Waals surface area contributed by atoms with E-state index in [-0.39, 0.29) is 0 Å². The fourth-order valence-electron chi connectivity index (χ4n) is 1.25. The molecule has 0 bridgehead atoms. The van der Waals surface area contributed by atoms with Crippen LogP contribution in [-0.2, 0) is 6.54 Å². The predicted molar refractivity (Wildman–Crippen MR) is 57.1 cm³/mol. The highest BCUT2D eigenvalue weighted by molar-refractivity contribution is 5.19. The molecule has 0 aromatic carbocycles. The Morgan fingerprint density at radius 1 is 1.36 bits per heavy atom. The van der Waals surface area contributed by atoms with Gasteiger partial charge < -0.3 is 10.5 Å². The Morgan fingerprint density at radius 3 is 2.50 bits per heavy atom. The summed E-state index contributed by atoms with van der Waals surface area (Å²) in [5.41, 5.74) is 6.34. The zero-order chi connectivity index (χ0) is 10.4. The van der Waals surface area contributed by atoms with E-state index in [0.717, 1.165) is 24.3 Å². The van der Waals surface area contributed by atoms with Crippen molar-refractivity contribution >= 4 is 0 Å². The summed E-state index contributed by atoms with van der Waals surface area (Å²) in [6, 6.07) is 3.82. The third-order valence-electron chi connectivity index (χ3n) is 2.22. The molecule has 1 rings (SSSR count). The van der Waals surface area contributed by atoms with Crippen LogP contribution in [0.25, 0.3) is 0 Å². The molecule has 78 valence electrons. The van der Waals surface area contributed by atoms with E-state index >= 15 is 0 Å². The van der Waals surface area contributed by atoms with Crippen molar-refractivity contribution in [2.24, 2.45) is 5.73 Å². The molecule has 14 heavy (non-hydrogen) atoms. The minimum absolute atomic E-state index is 0.292. The van der Waals surface area contributed by atoms with Crippen LogP contribution in [-0.4, -0.2) is 11.1 Å². The predicted octanol–water partition coefficient (Wildman–Crippen LogP) is 2.11. The Hall–Kier alpha value is -1.09. The molecule has 1 aromatic heterocycles. The van der Waals surface area contributed by atoms with Gasteiger partial charge in [-0.05, 0) is 25.0 Å².